The highest BCUT2D eigenvalue weighted by atomic mass is 32.1. The standard InChI is InChI=1S/C61H58BN2S/c1-57(2)26-27-58(3,4)44-30-35(23-24-43(44)57)64-48-32-40-37-18-13-14-21-42(37)61(9,10)52(40)51(39-20-15-19-38-50-36-17-12-11-16-34(36)22-25-47(50)63-54(38)39)53(48)62-56-55(64)41-31-45-46(33-49(41)65-56)60(7,8)29-28-59(45,5)6/h11-25,30-33,63H,26-29H2,1-10H3. The molecule has 0 unspecified atom stereocenters. The molecule has 0 bridgehead atoms. The predicted molar refractivity (Wildman–Crippen MR) is 282 cm³/mol. The van der Waals surface area contributed by atoms with Crippen molar-refractivity contribution < 1.29 is 0 Å². The van der Waals surface area contributed by atoms with Crippen LogP contribution in [0.2, 0.25) is 0 Å². The molecule has 4 aliphatic rings. The minimum absolute atomic E-state index is 0.0708. The number of nitrogens with one attached hydrogen (secondary N) is 1. The fourth-order valence-corrected chi connectivity index (χ4v) is 14.3. The van der Waals surface area contributed by atoms with Crippen molar-refractivity contribution >= 4 is 88.6 Å². The van der Waals surface area contributed by atoms with Crippen molar-refractivity contribution in [2.45, 2.75) is 122 Å². The molecule has 2 aromatic heterocycles. The first kappa shape index (κ1) is 39.8. The Hall–Kier alpha value is -5.58. The van der Waals surface area contributed by atoms with Crippen molar-refractivity contribution in [2.24, 2.45) is 0 Å². The van der Waals surface area contributed by atoms with Gasteiger partial charge in [-0.05, 0) is 155 Å². The lowest BCUT2D eigenvalue weighted by Crippen LogP contribution is -2.40. The maximum Gasteiger partial charge on any atom is 0.211 e. The largest absolute Gasteiger partial charge is 0.354 e. The van der Waals surface area contributed by atoms with Crippen LogP contribution in [0.4, 0.5) is 17.1 Å². The Balaban J connectivity index is 1.17. The van der Waals surface area contributed by atoms with E-state index in [1.54, 1.807) is 0 Å². The summed E-state index contributed by atoms with van der Waals surface area (Å²) < 4.78 is 2.73. The zero-order valence-corrected chi connectivity index (χ0v) is 40.5. The van der Waals surface area contributed by atoms with Crippen LogP contribution < -0.4 is 15.1 Å². The van der Waals surface area contributed by atoms with Gasteiger partial charge in [0, 0.05) is 48.7 Å². The quantitative estimate of drug-likeness (QED) is 0.172. The van der Waals surface area contributed by atoms with Crippen molar-refractivity contribution in [3.63, 3.8) is 0 Å². The number of aromatic nitrogens is 1. The number of nitrogens with zero attached hydrogens (tertiary/aromatic N) is 1. The lowest BCUT2D eigenvalue weighted by molar-refractivity contribution is 0.332. The third-order valence-corrected chi connectivity index (χ3v) is 18.2. The van der Waals surface area contributed by atoms with E-state index >= 15 is 0 Å². The van der Waals surface area contributed by atoms with Crippen LogP contribution in [0.5, 0.6) is 0 Å². The number of aromatic amines is 1. The minimum Gasteiger partial charge on any atom is -0.354 e. The lowest BCUT2D eigenvalue weighted by atomic mass is 9.59. The molecule has 1 N–H and O–H groups in total. The summed E-state index contributed by atoms with van der Waals surface area (Å²) in [6.07, 6.45) is 4.77. The maximum atomic E-state index is 4.04. The highest BCUT2D eigenvalue weighted by molar-refractivity contribution is 7.29. The number of rotatable bonds is 2. The highest BCUT2D eigenvalue weighted by Gasteiger charge is 2.44. The molecule has 321 valence electrons. The van der Waals surface area contributed by atoms with Crippen LogP contribution in [-0.4, -0.2) is 12.3 Å². The molecule has 3 heterocycles. The van der Waals surface area contributed by atoms with E-state index in [2.05, 4.69) is 202 Å². The second-order valence-corrected chi connectivity index (χ2v) is 24.4. The number of fused-ring (bicyclic) bond motifs is 14. The molecule has 4 heteroatoms. The Labute approximate surface area is 389 Å². The van der Waals surface area contributed by atoms with Crippen LogP contribution in [0.15, 0.2) is 115 Å². The van der Waals surface area contributed by atoms with Gasteiger partial charge in [0.1, 0.15) is 0 Å². The van der Waals surface area contributed by atoms with Gasteiger partial charge in [0.15, 0.2) is 0 Å². The Bertz CT molecular complexity index is 3570. The molecule has 7 aromatic carbocycles. The fourth-order valence-electron chi connectivity index (χ4n) is 13.2. The van der Waals surface area contributed by atoms with Gasteiger partial charge in [0.25, 0.3) is 0 Å². The van der Waals surface area contributed by atoms with Crippen LogP contribution in [0.3, 0.4) is 0 Å². The van der Waals surface area contributed by atoms with Gasteiger partial charge in [-0.1, -0.05) is 148 Å². The molecule has 1 aliphatic heterocycles. The molecule has 13 rings (SSSR count). The van der Waals surface area contributed by atoms with Gasteiger partial charge >= 0.3 is 0 Å². The van der Waals surface area contributed by atoms with E-state index in [9.17, 15) is 0 Å². The smallest absolute Gasteiger partial charge is 0.211 e. The zero-order chi connectivity index (χ0) is 44.7. The molecular formula is C61H58BN2S. The summed E-state index contributed by atoms with van der Waals surface area (Å²) in [6.45, 7) is 24.6. The maximum absolute atomic E-state index is 4.04. The summed E-state index contributed by atoms with van der Waals surface area (Å²) in [5, 5.41) is 6.52. The van der Waals surface area contributed by atoms with Crippen molar-refractivity contribution in [3.8, 4) is 22.3 Å². The van der Waals surface area contributed by atoms with Gasteiger partial charge in [0.05, 0.1) is 11.2 Å². The third-order valence-electron chi connectivity index (χ3n) is 17.1. The van der Waals surface area contributed by atoms with Crippen LogP contribution in [0, 0.1) is 0 Å². The van der Waals surface area contributed by atoms with Gasteiger partial charge in [-0.2, -0.15) is 0 Å². The molecule has 0 atom stereocenters. The molecule has 0 saturated carbocycles. The van der Waals surface area contributed by atoms with E-state index in [-0.39, 0.29) is 27.1 Å². The lowest BCUT2D eigenvalue weighted by Gasteiger charge is -2.43. The summed E-state index contributed by atoms with van der Waals surface area (Å²) in [5.41, 5.74) is 21.9. The molecule has 0 amide bonds. The Kier molecular flexibility index (Phi) is 7.86. The second kappa shape index (κ2) is 12.9. The van der Waals surface area contributed by atoms with Gasteiger partial charge in [-0.3, -0.25) is 0 Å². The first-order valence-electron chi connectivity index (χ1n) is 24.1. The third kappa shape index (κ3) is 5.35. The molecule has 1 radical (unpaired) electrons. The molecule has 0 spiro atoms. The Morgan fingerprint density at radius 3 is 1.95 bits per heavy atom. The number of benzene rings is 7. The number of hydrogen-bond donors (Lipinski definition) is 1. The van der Waals surface area contributed by atoms with Gasteiger partial charge in [0.2, 0.25) is 7.28 Å². The monoisotopic (exact) mass is 861 g/mol. The molecule has 0 saturated heterocycles. The molecule has 3 aliphatic carbocycles. The summed E-state index contributed by atoms with van der Waals surface area (Å²) in [5.74, 6) is 0. The molecule has 65 heavy (non-hydrogen) atoms. The van der Waals surface area contributed by atoms with E-state index in [4.69, 9.17) is 0 Å². The Morgan fingerprint density at radius 2 is 1.18 bits per heavy atom. The number of anilines is 3. The summed E-state index contributed by atoms with van der Waals surface area (Å²) in [6, 6.07) is 45.0. The average Bonchev–Trinajstić information content (AvgIpc) is 3.92. The second-order valence-electron chi connectivity index (χ2n) is 23.3. The van der Waals surface area contributed by atoms with Crippen molar-refractivity contribution in [1.82, 2.24) is 4.98 Å². The van der Waals surface area contributed by atoms with Crippen molar-refractivity contribution in [3.05, 3.63) is 149 Å². The van der Waals surface area contributed by atoms with Crippen LogP contribution >= 0.6 is 11.3 Å². The normalized spacial score (nSPS) is 19.1. The first-order valence-corrected chi connectivity index (χ1v) is 24.9. The first-order chi connectivity index (χ1) is 30.9. The number of H-pyrrole nitrogens is 1. The van der Waals surface area contributed by atoms with E-state index in [1.165, 1.54) is 151 Å². The molecule has 9 aromatic rings. The number of thiophene rings is 1. The predicted octanol–water partition coefficient (Wildman–Crippen LogP) is 15.8. The van der Waals surface area contributed by atoms with E-state index in [0.29, 0.717) is 0 Å². The van der Waals surface area contributed by atoms with Gasteiger partial charge in [-0.25, -0.2) is 0 Å². The van der Waals surface area contributed by atoms with Crippen LogP contribution in [-0.2, 0) is 27.1 Å². The van der Waals surface area contributed by atoms with E-state index < -0.39 is 0 Å². The zero-order valence-electron chi connectivity index (χ0n) is 39.7. The van der Waals surface area contributed by atoms with E-state index in [1.807, 2.05) is 11.3 Å². The van der Waals surface area contributed by atoms with Crippen LogP contribution in [0.25, 0.3) is 64.9 Å². The molecule has 0 fully saturated rings. The van der Waals surface area contributed by atoms with Crippen molar-refractivity contribution in [2.75, 3.05) is 4.90 Å². The van der Waals surface area contributed by atoms with Crippen molar-refractivity contribution in [1.29, 1.82) is 0 Å². The average molecular weight is 862 g/mol. The summed E-state index contributed by atoms with van der Waals surface area (Å²) in [4.78, 5) is 6.75. The highest BCUT2D eigenvalue weighted by Crippen LogP contribution is 2.57. The molecule has 2 nitrogen and oxygen atoms in total. The van der Waals surface area contributed by atoms with E-state index in [0.717, 1.165) is 0 Å². The number of para-hydroxylation sites is 1. The van der Waals surface area contributed by atoms with Gasteiger partial charge < -0.3 is 9.88 Å². The SMILES string of the molecule is CC1(C)CCC(C)(C)c2cc(N3c4cc5c(c(-c6cccc7c6[nH]c6ccc8ccccc8c67)c4[B]c4sc6cc7c(cc6c43)C(C)(C)CCC7(C)C)C(C)(C)c3ccccc3-5)ccc21. The summed E-state index contributed by atoms with van der Waals surface area (Å²) >= 11 is 1.99. The summed E-state index contributed by atoms with van der Waals surface area (Å²) in [7, 11) is 2.60. The minimum atomic E-state index is -0.228. The number of hydrogen-bond acceptors (Lipinski definition) is 2. The molecular weight excluding hydrogens is 804 g/mol. The Morgan fingerprint density at radius 1 is 0.538 bits per heavy atom. The van der Waals surface area contributed by atoms with Gasteiger partial charge in [-0.15, -0.1) is 11.3 Å². The van der Waals surface area contributed by atoms with Crippen LogP contribution in [0.1, 0.15) is 128 Å². The fraction of sp³-hybridized carbons (Fsp3) is 0.311. The topological polar surface area (TPSA) is 19.0 Å².